The lowest BCUT2D eigenvalue weighted by atomic mass is 10.1. The fraction of sp³-hybridized carbons (Fsp3) is 0.467. The molecule has 0 aromatic carbocycles. The van der Waals surface area contributed by atoms with Crippen LogP contribution in [0, 0.1) is 20.8 Å². The molecule has 5 heteroatoms. The second kappa shape index (κ2) is 5.40. The zero-order chi connectivity index (χ0) is 15.0. The summed E-state index contributed by atoms with van der Waals surface area (Å²) in [5, 5.41) is 0.656. The van der Waals surface area contributed by atoms with Crippen LogP contribution in [-0.4, -0.2) is 17.1 Å². The van der Waals surface area contributed by atoms with Gasteiger partial charge in [-0.2, -0.15) is 0 Å². The monoisotopic (exact) mass is 293 g/mol. The molecule has 0 N–H and O–H groups in total. The number of carbonyl (C=O) groups excluding carboxylic acids is 1. The number of esters is 1. The number of pyridine rings is 1. The first kappa shape index (κ1) is 14.8. The van der Waals surface area contributed by atoms with E-state index in [0.29, 0.717) is 17.6 Å². The fourth-order valence-electron chi connectivity index (χ4n) is 2.47. The fourth-order valence-corrected chi connectivity index (χ4v) is 3.74. The Morgan fingerprint density at radius 1 is 1.25 bits per heavy atom. The lowest BCUT2D eigenvalue weighted by Gasteiger charge is -2.13. The van der Waals surface area contributed by atoms with Gasteiger partial charge in [0, 0.05) is 17.1 Å². The molecule has 108 valence electrons. The summed E-state index contributed by atoms with van der Waals surface area (Å²) in [6.07, 6.45) is 0. The number of aryl methyl sites for hydroxylation is 3. The van der Waals surface area contributed by atoms with Crippen molar-refractivity contribution >= 4 is 27.5 Å². The Labute approximate surface area is 122 Å². The molecule has 2 rings (SSSR count). The van der Waals surface area contributed by atoms with E-state index in [4.69, 9.17) is 4.74 Å². The topological polar surface area (TPSA) is 48.3 Å². The van der Waals surface area contributed by atoms with E-state index in [9.17, 15) is 9.59 Å². The van der Waals surface area contributed by atoms with E-state index >= 15 is 0 Å². The molecule has 0 fully saturated rings. The van der Waals surface area contributed by atoms with Crippen LogP contribution in [0.3, 0.4) is 0 Å². The van der Waals surface area contributed by atoms with Crippen LogP contribution in [0.15, 0.2) is 4.79 Å². The Balaban J connectivity index is 2.93. The normalized spacial score (nSPS) is 11.1. The molecule has 4 nitrogen and oxygen atoms in total. The Kier molecular flexibility index (Phi) is 3.99. The molecule has 20 heavy (non-hydrogen) atoms. The maximum Gasteiger partial charge on any atom is 0.343 e. The molecule has 0 radical (unpaired) electrons. The lowest BCUT2D eigenvalue weighted by molar-refractivity contribution is 0.0523. The number of fused-ring (bicyclic) bond motifs is 1. The molecule has 0 aliphatic heterocycles. The van der Waals surface area contributed by atoms with Crippen molar-refractivity contribution in [1.29, 1.82) is 0 Å². The summed E-state index contributed by atoms with van der Waals surface area (Å²) in [5.41, 5.74) is 1.61. The van der Waals surface area contributed by atoms with Gasteiger partial charge >= 0.3 is 5.97 Å². The van der Waals surface area contributed by atoms with Gasteiger partial charge in [-0.3, -0.25) is 4.79 Å². The summed E-state index contributed by atoms with van der Waals surface area (Å²) < 4.78 is 7.06. The van der Waals surface area contributed by atoms with Crippen molar-refractivity contribution in [2.24, 2.45) is 0 Å². The molecular formula is C15H19NO3S. The van der Waals surface area contributed by atoms with Crippen molar-refractivity contribution in [2.75, 3.05) is 6.61 Å². The average molecular weight is 293 g/mol. The lowest BCUT2D eigenvalue weighted by Crippen LogP contribution is -2.23. The second-order valence-electron chi connectivity index (χ2n) is 4.72. The summed E-state index contributed by atoms with van der Waals surface area (Å²) in [6, 6.07) is 0. The van der Waals surface area contributed by atoms with Crippen molar-refractivity contribution < 1.29 is 9.53 Å². The second-order valence-corrected chi connectivity index (χ2v) is 5.92. The molecule has 0 saturated carbocycles. The highest BCUT2D eigenvalue weighted by Gasteiger charge is 2.23. The summed E-state index contributed by atoms with van der Waals surface area (Å²) in [7, 11) is 0. The molecule has 0 bridgehead atoms. The van der Waals surface area contributed by atoms with Gasteiger partial charge in [-0.1, -0.05) is 0 Å². The van der Waals surface area contributed by atoms with Crippen molar-refractivity contribution in [3.05, 3.63) is 31.9 Å². The van der Waals surface area contributed by atoms with Gasteiger partial charge in [0.1, 0.15) is 10.4 Å². The van der Waals surface area contributed by atoms with Crippen molar-refractivity contribution in [3.8, 4) is 0 Å². The number of aromatic nitrogens is 1. The summed E-state index contributed by atoms with van der Waals surface area (Å²) in [4.78, 5) is 26.8. The summed E-state index contributed by atoms with van der Waals surface area (Å²) in [5.74, 6) is -0.526. The maximum atomic E-state index is 12.7. The van der Waals surface area contributed by atoms with Gasteiger partial charge in [-0.25, -0.2) is 4.79 Å². The molecule has 0 unspecified atom stereocenters. The molecule has 0 saturated heterocycles. The third-order valence-electron chi connectivity index (χ3n) is 3.63. The molecule has 2 aromatic heterocycles. The minimum absolute atomic E-state index is 0.169. The van der Waals surface area contributed by atoms with Gasteiger partial charge in [0.2, 0.25) is 5.43 Å². The van der Waals surface area contributed by atoms with E-state index in [1.165, 1.54) is 0 Å². The molecule has 0 spiro atoms. The minimum atomic E-state index is -0.526. The standard InChI is InChI=1S/C15H19NO3S/c1-6-16-9(4)12(15(18)19-7-2)13(17)11-8(3)10(5)20-14(11)16/h6-7H2,1-5H3. The van der Waals surface area contributed by atoms with Crippen molar-refractivity contribution in [2.45, 2.75) is 41.2 Å². The predicted molar refractivity (Wildman–Crippen MR) is 81.9 cm³/mol. The first-order valence-corrected chi connectivity index (χ1v) is 7.55. The quantitative estimate of drug-likeness (QED) is 0.817. The molecule has 0 aliphatic carbocycles. The first-order chi connectivity index (χ1) is 9.43. The number of hydrogen-bond donors (Lipinski definition) is 0. The van der Waals surface area contributed by atoms with Crippen LogP contribution in [0.4, 0.5) is 0 Å². The number of hydrogen-bond acceptors (Lipinski definition) is 4. The molecular weight excluding hydrogens is 274 g/mol. The molecule has 0 atom stereocenters. The number of ether oxygens (including phenoxy) is 1. The Morgan fingerprint density at radius 2 is 1.90 bits per heavy atom. The van der Waals surface area contributed by atoms with Gasteiger partial charge in [-0.15, -0.1) is 11.3 Å². The zero-order valence-corrected chi connectivity index (χ0v) is 13.3. The Hall–Kier alpha value is -1.62. The predicted octanol–water partition coefficient (Wildman–Crippen LogP) is 3.18. The number of rotatable bonds is 3. The summed E-state index contributed by atoms with van der Waals surface area (Å²) >= 11 is 1.60. The third kappa shape index (κ3) is 2.06. The van der Waals surface area contributed by atoms with Gasteiger partial charge < -0.3 is 9.30 Å². The van der Waals surface area contributed by atoms with Crippen LogP contribution in [0.25, 0.3) is 10.2 Å². The highest BCUT2D eigenvalue weighted by molar-refractivity contribution is 7.18. The van der Waals surface area contributed by atoms with Crippen molar-refractivity contribution in [3.63, 3.8) is 0 Å². The van der Waals surface area contributed by atoms with E-state index in [1.807, 2.05) is 25.3 Å². The van der Waals surface area contributed by atoms with Gasteiger partial charge in [0.15, 0.2) is 0 Å². The number of nitrogens with zero attached hydrogens (tertiary/aromatic N) is 1. The van der Waals surface area contributed by atoms with Crippen LogP contribution in [0.2, 0.25) is 0 Å². The number of carbonyl (C=O) groups is 1. The van der Waals surface area contributed by atoms with Crippen LogP contribution < -0.4 is 5.43 Å². The number of thiophene rings is 1. The maximum absolute atomic E-state index is 12.7. The largest absolute Gasteiger partial charge is 0.462 e. The third-order valence-corrected chi connectivity index (χ3v) is 4.86. The highest BCUT2D eigenvalue weighted by Crippen LogP contribution is 2.29. The van der Waals surface area contributed by atoms with Gasteiger partial charge in [-0.05, 0) is 40.2 Å². The molecule has 2 aromatic rings. The average Bonchev–Trinajstić information content (AvgIpc) is 2.67. The van der Waals surface area contributed by atoms with Crippen LogP contribution in [0.1, 0.15) is 40.3 Å². The van der Waals surface area contributed by atoms with E-state index < -0.39 is 5.97 Å². The van der Waals surface area contributed by atoms with E-state index in [0.717, 1.165) is 15.3 Å². The molecule has 0 aliphatic rings. The molecule has 0 amide bonds. The Morgan fingerprint density at radius 3 is 2.45 bits per heavy atom. The van der Waals surface area contributed by atoms with Gasteiger partial charge in [0.05, 0.1) is 12.0 Å². The van der Waals surface area contributed by atoms with E-state index in [2.05, 4.69) is 0 Å². The van der Waals surface area contributed by atoms with E-state index in [1.54, 1.807) is 25.2 Å². The van der Waals surface area contributed by atoms with Gasteiger partial charge in [0.25, 0.3) is 0 Å². The first-order valence-electron chi connectivity index (χ1n) is 6.74. The Bertz CT molecular complexity index is 740. The molecule has 2 heterocycles. The highest BCUT2D eigenvalue weighted by atomic mass is 32.1. The zero-order valence-electron chi connectivity index (χ0n) is 12.5. The van der Waals surface area contributed by atoms with Crippen molar-refractivity contribution in [1.82, 2.24) is 4.57 Å². The van der Waals surface area contributed by atoms with Crippen LogP contribution in [-0.2, 0) is 11.3 Å². The smallest absolute Gasteiger partial charge is 0.343 e. The van der Waals surface area contributed by atoms with Crippen LogP contribution in [0.5, 0.6) is 0 Å². The van der Waals surface area contributed by atoms with Crippen LogP contribution >= 0.6 is 11.3 Å². The van der Waals surface area contributed by atoms with E-state index in [-0.39, 0.29) is 17.6 Å². The SMILES string of the molecule is CCOC(=O)c1c(C)n(CC)c2sc(C)c(C)c2c1=O. The summed E-state index contributed by atoms with van der Waals surface area (Å²) in [6.45, 7) is 10.5. The minimum Gasteiger partial charge on any atom is -0.462 e.